The molecule has 0 spiro atoms. The van der Waals surface area contributed by atoms with Crippen molar-refractivity contribution in [1.82, 2.24) is 9.71 Å². The number of amidine groups is 1. The lowest BCUT2D eigenvalue weighted by molar-refractivity contribution is 0.101. The molecule has 3 rings (SSSR count). The van der Waals surface area contributed by atoms with Crippen LogP contribution in [0.25, 0.3) is 0 Å². The van der Waals surface area contributed by atoms with Crippen LogP contribution in [0.1, 0.15) is 51.9 Å². The molecular formula is C19H22N4O4S. The molecule has 0 fully saturated rings. The summed E-state index contributed by atoms with van der Waals surface area (Å²) in [6, 6.07) is 5.98. The van der Waals surface area contributed by atoms with Crippen LogP contribution in [0, 0.1) is 13.8 Å². The van der Waals surface area contributed by atoms with Crippen LogP contribution in [-0.4, -0.2) is 37.5 Å². The third-order valence-corrected chi connectivity index (χ3v) is 5.92. The second-order valence-electron chi connectivity index (χ2n) is 6.70. The van der Waals surface area contributed by atoms with Gasteiger partial charge in [-0.25, -0.2) is 8.42 Å². The molecule has 0 atom stereocenters. The van der Waals surface area contributed by atoms with E-state index < -0.39 is 15.9 Å². The predicted molar refractivity (Wildman–Crippen MR) is 107 cm³/mol. The maximum absolute atomic E-state index is 12.6. The SMILES string of the molecule is CC(=O)c1c(C)[nH]c(C(=O)Nc2cccc(S(=O)(=O)NC3=NCCC3)c2)c1C. The Balaban J connectivity index is 1.82. The molecule has 0 saturated heterocycles. The highest BCUT2D eigenvalue weighted by molar-refractivity contribution is 7.90. The highest BCUT2D eigenvalue weighted by Crippen LogP contribution is 2.21. The average Bonchev–Trinajstić information content (AvgIpc) is 3.22. The predicted octanol–water partition coefficient (Wildman–Crippen LogP) is 2.56. The number of hydrogen-bond acceptors (Lipinski definition) is 5. The highest BCUT2D eigenvalue weighted by atomic mass is 32.2. The van der Waals surface area contributed by atoms with Crippen LogP contribution in [0.3, 0.4) is 0 Å². The first-order valence-electron chi connectivity index (χ1n) is 8.86. The molecule has 0 radical (unpaired) electrons. The number of anilines is 1. The van der Waals surface area contributed by atoms with E-state index in [2.05, 4.69) is 20.0 Å². The first-order valence-corrected chi connectivity index (χ1v) is 10.3. The summed E-state index contributed by atoms with van der Waals surface area (Å²) < 4.78 is 27.5. The molecule has 0 saturated carbocycles. The summed E-state index contributed by atoms with van der Waals surface area (Å²) >= 11 is 0. The number of amides is 1. The van der Waals surface area contributed by atoms with Crippen LogP contribution in [-0.2, 0) is 10.0 Å². The Labute approximate surface area is 163 Å². The van der Waals surface area contributed by atoms with Crippen LogP contribution in [0.4, 0.5) is 5.69 Å². The van der Waals surface area contributed by atoms with Gasteiger partial charge in [0.1, 0.15) is 11.5 Å². The van der Waals surface area contributed by atoms with Gasteiger partial charge >= 0.3 is 0 Å². The fourth-order valence-corrected chi connectivity index (χ4v) is 4.41. The minimum Gasteiger partial charge on any atom is -0.354 e. The van der Waals surface area contributed by atoms with Gasteiger partial charge < -0.3 is 10.3 Å². The van der Waals surface area contributed by atoms with Gasteiger partial charge in [0.2, 0.25) is 0 Å². The number of aromatic amines is 1. The maximum atomic E-state index is 12.6. The molecule has 0 aliphatic carbocycles. The Hall–Kier alpha value is -2.94. The van der Waals surface area contributed by atoms with Gasteiger partial charge in [0.25, 0.3) is 15.9 Å². The van der Waals surface area contributed by atoms with Gasteiger partial charge in [-0.1, -0.05) is 6.07 Å². The normalized spacial score (nSPS) is 13.9. The zero-order valence-corrected chi connectivity index (χ0v) is 16.7. The van der Waals surface area contributed by atoms with E-state index in [1.807, 2.05) is 0 Å². The number of hydrogen-bond donors (Lipinski definition) is 3. The number of aliphatic imine (C=N–C) groups is 1. The summed E-state index contributed by atoms with van der Waals surface area (Å²) in [4.78, 5) is 31.4. The van der Waals surface area contributed by atoms with Crippen molar-refractivity contribution >= 4 is 33.2 Å². The van der Waals surface area contributed by atoms with Crippen LogP contribution < -0.4 is 10.0 Å². The lowest BCUT2D eigenvalue weighted by atomic mass is 10.1. The van der Waals surface area contributed by atoms with Crippen molar-refractivity contribution in [2.75, 3.05) is 11.9 Å². The number of sulfonamides is 1. The third kappa shape index (κ3) is 3.99. The Bertz CT molecular complexity index is 1080. The third-order valence-electron chi connectivity index (χ3n) is 4.55. The summed E-state index contributed by atoms with van der Waals surface area (Å²) in [6.07, 6.45) is 1.42. The topological polar surface area (TPSA) is 120 Å². The number of aryl methyl sites for hydroxylation is 1. The van der Waals surface area contributed by atoms with Gasteiger partial charge in [0, 0.05) is 29.9 Å². The number of nitrogens with zero attached hydrogens (tertiary/aromatic N) is 1. The molecule has 1 aromatic heterocycles. The van der Waals surface area contributed by atoms with E-state index in [9.17, 15) is 18.0 Å². The van der Waals surface area contributed by atoms with Gasteiger partial charge in [-0.2, -0.15) is 0 Å². The zero-order chi connectivity index (χ0) is 20.5. The Kier molecular flexibility index (Phi) is 5.37. The number of ketones is 1. The van der Waals surface area contributed by atoms with Gasteiger partial charge in [-0.3, -0.25) is 19.3 Å². The van der Waals surface area contributed by atoms with Gasteiger partial charge in [0.15, 0.2) is 5.78 Å². The van der Waals surface area contributed by atoms with E-state index in [1.165, 1.54) is 19.1 Å². The summed E-state index contributed by atoms with van der Waals surface area (Å²) in [5, 5.41) is 2.68. The molecule has 28 heavy (non-hydrogen) atoms. The summed E-state index contributed by atoms with van der Waals surface area (Å²) in [5.74, 6) is -0.126. The van der Waals surface area contributed by atoms with Crippen LogP contribution in [0.15, 0.2) is 34.2 Å². The molecule has 9 heteroatoms. The molecule has 3 N–H and O–H groups in total. The Morgan fingerprint density at radius 2 is 1.96 bits per heavy atom. The fourth-order valence-electron chi connectivity index (χ4n) is 3.28. The smallest absolute Gasteiger partial charge is 0.272 e. The first-order chi connectivity index (χ1) is 13.2. The van der Waals surface area contributed by atoms with Crippen molar-refractivity contribution in [3.63, 3.8) is 0 Å². The zero-order valence-electron chi connectivity index (χ0n) is 15.9. The van der Waals surface area contributed by atoms with E-state index in [0.717, 1.165) is 6.42 Å². The number of nitrogens with one attached hydrogen (secondary N) is 3. The molecule has 1 aliphatic rings. The lowest BCUT2D eigenvalue weighted by Crippen LogP contribution is -2.29. The molecule has 1 aliphatic heterocycles. The quantitative estimate of drug-likeness (QED) is 0.666. The molecule has 0 bridgehead atoms. The van der Waals surface area contributed by atoms with E-state index in [-0.39, 0.29) is 16.4 Å². The Morgan fingerprint density at radius 1 is 1.21 bits per heavy atom. The number of benzene rings is 1. The van der Waals surface area contributed by atoms with Crippen molar-refractivity contribution in [2.45, 2.75) is 38.5 Å². The van der Waals surface area contributed by atoms with Gasteiger partial charge in [0.05, 0.1) is 4.90 Å². The summed E-state index contributed by atoms with van der Waals surface area (Å²) in [7, 11) is -3.77. The summed E-state index contributed by atoms with van der Waals surface area (Å²) in [6.45, 7) is 5.49. The highest BCUT2D eigenvalue weighted by Gasteiger charge is 2.21. The number of aromatic nitrogens is 1. The second kappa shape index (κ2) is 7.59. The van der Waals surface area contributed by atoms with E-state index in [0.29, 0.717) is 41.3 Å². The fraction of sp³-hybridized carbons (Fsp3) is 0.316. The molecular weight excluding hydrogens is 380 g/mol. The van der Waals surface area contributed by atoms with Crippen LogP contribution >= 0.6 is 0 Å². The number of rotatable bonds is 5. The molecule has 148 valence electrons. The number of carbonyl (C=O) groups excluding carboxylic acids is 2. The van der Waals surface area contributed by atoms with Crippen molar-refractivity contribution in [2.24, 2.45) is 4.99 Å². The molecule has 2 heterocycles. The largest absolute Gasteiger partial charge is 0.354 e. The van der Waals surface area contributed by atoms with Gasteiger partial charge in [-0.15, -0.1) is 0 Å². The lowest BCUT2D eigenvalue weighted by Gasteiger charge is -2.10. The second-order valence-corrected chi connectivity index (χ2v) is 8.38. The first kappa shape index (κ1) is 19.8. The van der Waals surface area contributed by atoms with Crippen molar-refractivity contribution < 1.29 is 18.0 Å². The number of carbonyl (C=O) groups is 2. The number of Topliss-reactive ketones (excluding diaryl/α,β-unsaturated/α-hetero) is 1. The van der Waals surface area contributed by atoms with Gasteiger partial charge in [-0.05, 0) is 51.0 Å². The van der Waals surface area contributed by atoms with Crippen molar-refractivity contribution in [1.29, 1.82) is 0 Å². The van der Waals surface area contributed by atoms with Crippen molar-refractivity contribution in [3.05, 3.63) is 46.8 Å². The molecule has 2 aromatic rings. The molecule has 8 nitrogen and oxygen atoms in total. The van der Waals surface area contributed by atoms with Crippen molar-refractivity contribution in [3.8, 4) is 0 Å². The monoisotopic (exact) mass is 402 g/mol. The number of H-pyrrole nitrogens is 1. The van der Waals surface area contributed by atoms with E-state index in [1.54, 1.807) is 26.0 Å². The van der Waals surface area contributed by atoms with E-state index in [4.69, 9.17) is 0 Å². The van der Waals surface area contributed by atoms with E-state index >= 15 is 0 Å². The summed E-state index contributed by atoms with van der Waals surface area (Å²) in [5.41, 5.74) is 2.27. The molecule has 1 aromatic carbocycles. The maximum Gasteiger partial charge on any atom is 0.272 e. The average molecular weight is 402 g/mol. The standard InChI is InChI=1S/C19H22N4O4S/c1-11-17(13(3)24)12(2)21-18(11)19(25)22-14-6-4-7-15(10-14)28(26,27)23-16-8-5-9-20-16/h4,6-7,10,21H,5,8-9H2,1-3H3,(H,20,23)(H,22,25). The minimum atomic E-state index is -3.77. The van der Waals surface area contributed by atoms with Crippen LogP contribution in [0.2, 0.25) is 0 Å². The molecule has 0 unspecified atom stereocenters. The Morgan fingerprint density at radius 3 is 2.57 bits per heavy atom. The molecule has 1 amide bonds. The van der Waals surface area contributed by atoms with Crippen LogP contribution in [0.5, 0.6) is 0 Å². The minimum absolute atomic E-state index is 0.0312.